The third kappa shape index (κ3) is 2.38. The lowest BCUT2D eigenvalue weighted by Crippen LogP contribution is -2.34. The van der Waals surface area contributed by atoms with E-state index >= 15 is 0 Å². The number of benzene rings is 1. The van der Waals surface area contributed by atoms with Crippen LogP contribution >= 0.6 is 0 Å². The molecule has 130 valence electrons. The van der Waals surface area contributed by atoms with Crippen molar-refractivity contribution in [1.29, 1.82) is 0 Å². The molecule has 5 heteroatoms. The number of ether oxygens (including phenoxy) is 2. The molecule has 0 heterocycles. The van der Waals surface area contributed by atoms with Gasteiger partial charge in [0.25, 0.3) is 5.91 Å². The molecule has 1 aromatic carbocycles. The predicted octanol–water partition coefficient (Wildman–Crippen LogP) is 3.64. The lowest BCUT2D eigenvalue weighted by Gasteiger charge is -2.34. The second kappa shape index (κ2) is 5.80. The number of hydrazone groups is 1. The number of carbonyl (C=O) groups excluding carboxylic acids is 1. The molecule has 2 bridgehead atoms. The van der Waals surface area contributed by atoms with Gasteiger partial charge in [0.1, 0.15) is 0 Å². The molecule has 0 saturated heterocycles. The topological polar surface area (TPSA) is 59.9 Å². The SMILES string of the molecule is COc1ccc(C(=O)N/N=C2/C[C@@H]3CC[C@@]2(C)C3(C)C)cc1OC. The summed E-state index contributed by atoms with van der Waals surface area (Å²) in [5.41, 5.74) is 4.69. The molecule has 0 aliphatic heterocycles. The molecule has 1 amide bonds. The molecule has 1 aromatic rings. The Bertz CT molecular complexity index is 696. The average Bonchev–Trinajstić information content (AvgIpc) is 2.92. The van der Waals surface area contributed by atoms with Crippen LogP contribution in [0.3, 0.4) is 0 Å². The maximum Gasteiger partial charge on any atom is 0.271 e. The summed E-state index contributed by atoms with van der Waals surface area (Å²) in [7, 11) is 3.12. The highest BCUT2D eigenvalue weighted by atomic mass is 16.5. The van der Waals surface area contributed by atoms with Crippen LogP contribution in [0.4, 0.5) is 0 Å². The number of rotatable bonds is 4. The minimum atomic E-state index is -0.229. The molecular formula is C19H26N2O3. The Balaban J connectivity index is 1.77. The van der Waals surface area contributed by atoms with Crippen molar-refractivity contribution < 1.29 is 14.3 Å². The zero-order chi connectivity index (χ0) is 17.5. The Morgan fingerprint density at radius 2 is 1.92 bits per heavy atom. The summed E-state index contributed by atoms with van der Waals surface area (Å²) in [5.74, 6) is 1.57. The maximum atomic E-state index is 12.4. The molecule has 2 aliphatic rings. The van der Waals surface area contributed by atoms with E-state index in [0.29, 0.717) is 23.0 Å². The van der Waals surface area contributed by atoms with Crippen LogP contribution in [0.5, 0.6) is 11.5 Å². The Hall–Kier alpha value is -2.04. The van der Waals surface area contributed by atoms with Gasteiger partial charge in [-0.15, -0.1) is 0 Å². The van der Waals surface area contributed by atoms with E-state index in [-0.39, 0.29) is 16.7 Å². The normalized spacial score (nSPS) is 28.9. The van der Waals surface area contributed by atoms with Gasteiger partial charge in [-0.2, -0.15) is 5.10 Å². The molecule has 2 fully saturated rings. The maximum absolute atomic E-state index is 12.4. The first kappa shape index (κ1) is 16.8. The fourth-order valence-electron chi connectivity index (χ4n) is 4.26. The third-order valence-electron chi connectivity index (χ3n) is 6.45. The van der Waals surface area contributed by atoms with Gasteiger partial charge in [0.15, 0.2) is 11.5 Å². The Morgan fingerprint density at radius 1 is 1.21 bits per heavy atom. The van der Waals surface area contributed by atoms with Gasteiger partial charge in [-0.25, -0.2) is 5.43 Å². The third-order valence-corrected chi connectivity index (χ3v) is 6.45. The predicted molar refractivity (Wildman–Crippen MR) is 93.7 cm³/mol. The Morgan fingerprint density at radius 3 is 2.46 bits per heavy atom. The molecule has 2 aliphatic carbocycles. The number of fused-ring (bicyclic) bond motifs is 2. The summed E-state index contributed by atoms with van der Waals surface area (Å²) in [5, 5.41) is 4.49. The molecule has 2 atom stereocenters. The minimum absolute atomic E-state index is 0.0859. The zero-order valence-electron chi connectivity index (χ0n) is 15.1. The highest BCUT2D eigenvalue weighted by Crippen LogP contribution is 2.63. The van der Waals surface area contributed by atoms with E-state index < -0.39 is 0 Å². The summed E-state index contributed by atoms with van der Waals surface area (Å²) < 4.78 is 10.4. The van der Waals surface area contributed by atoms with Crippen LogP contribution in [0.25, 0.3) is 0 Å². The first-order chi connectivity index (χ1) is 11.3. The Labute approximate surface area is 143 Å². The van der Waals surface area contributed by atoms with Gasteiger partial charge in [-0.3, -0.25) is 4.79 Å². The number of carbonyl (C=O) groups is 1. The van der Waals surface area contributed by atoms with Crippen molar-refractivity contribution in [2.75, 3.05) is 14.2 Å². The van der Waals surface area contributed by atoms with E-state index in [1.807, 2.05) is 0 Å². The van der Waals surface area contributed by atoms with Gasteiger partial charge < -0.3 is 9.47 Å². The second-order valence-electron chi connectivity index (χ2n) is 7.56. The fraction of sp³-hybridized carbons (Fsp3) is 0.579. The van der Waals surface area contributed by atoms with Crippen molar-refractivity contribution in [2.45, 2.75) is 40.0 Å². The summed E-state index contributed by atoms with van der Waals surface area (Å²) in [6.45, 7) is 6.92. The lowest BCUT2D eigenvalue weighted by molar-refractivity contribution is 0.0953. The largest absolute Gasteiger partial charge is 0.493 e. The number of nitrogens with zero attached hydrogens (tertiary/aromatic N) is 1. The molecule has 1 N–H and O–H groups in total. The number of amides is 1. The molecule has 0 radical (unpaired) electrons. The van der Waals surface area contributed by atoms with Gasteiger partial charge in [-0.1, -0.05) is 20.8 Å². The van der Waals surface area contributed by atoms with Gasteiger partial charge in [0, 0.05) is 16.7 Å². The fourth-order valence-corrected chi connectivity index (χ4v) is 4.26. The molecule has 0 aromatic heterocycles. The molecule has 0 spiro atoms. The van der Waals surface area contributed by atoms with Crippen molar-refractivity contribution in [3.8, 4) is 11.5 Å². The van der Waals surface area contributed by atoms with Crippen LogP contribution in [0.15, 0.2) is 23.3 Å². The lowest BCUT2D eigenvalue weighted by atomic mass is 9.70. The number of hydrogen-bond donors (Lipinski definition) is 1. The number of hydrogen-bond acceptors (Lipinski definition) is 4. The van der Waals surface area contributed by atoms with Crippen LogP contribution in [0.2, 0.25) is 0 Å². The Kier molecular flexibility index (Phi) is 4.06. The van der Waals surface area contributed by atoms with Crippen LogP contribution < -0.4 is 14.9 Å². The molecule has 2 saturated carbocycles. The summed E-state index contributed by atoms with van der Waals surface area (Å²) in [6.07, 6.45) is 3.39. The standard InChI is InChI=1S/C19H26N2O3/c1-18(2)13-8-9-19(18,3)16(11-13)20-21-17(22)12-6-7-14(23-4)15(10-12)24-5/h6-7,10,13H,8-9,11H2,1-5H3,(H,21,22)/b20-16-/t13-,19+/m0/s1. The van der Waals surface area contributed by atoms with Crippen LogP contribution in [-0.2, 0) is 0 Å². The van der Waals surface area contributed by atoms with E-state index in [4.69, 9.17) is 9.47 Å². The minimum Gasteiger partial charge on any atom is -0.493 e. The molecule has 24 heavy (non-hydrogen) atoms. The molecule has 3 rings (SSSR count). The van der Waals surface area contributed by atoms with E-state index in [1.165, 1.54) is 6.42 Å². The zero-order valence-corrected chi connectivity index (χ0v) is 15.1. The van der Waals surface area contributed by atoms with Gasteiger partial charge in [-0.05, 0) is 48.8 Å². The summed E-state index contributed by atoms with van der Waals surface area (Å²) in [4.78, 5) is 12.4. The van der Waals surface area contributed by atoms with E-state index in [2.05, 4.69) is 31.3 Å². The second-order valence-corrected chi connectivity index (χ2v) is 7.56. The van der Waals surface area contributed by atoms with Gasteiger partial charge >= 0.3 is 0 Å². The number of methoxy groups -OCH3 is 2. The van der Waals surface area contributed by atoms with Crippen molar-refractivity contribution in [2.24, 2.45) is 21.8 Å². The molecule has 0 unspecified atom stereocenters. The van der Waals surface area contributed by atoms with E-state index in [0.717, 1.165) is 18.6 Å². The van der Waals surface area contributed by atoms with Crippen molar-refractivity contribution in [3.05, 3.63) is 23.8 Å². The monoisotopic (exact) mass is 330 g/mol. The average molecular weight is 330 g/mol. The summed E-state index contributed by atoms with van der Waals surface area (Å²) >= 11 is 0. The van der Waals surface area contributed by atoms with Gasteiger partial charge in [0.05, 0.1) is 14.2 Å². The van der Waals surface area contributed by atoms with Crippen LogP contribution in [0, 0.1) is 16.7 Å². The molecular weight excluding hydrogens is 304 g/mol. The first-order valence-electron chi connectivity index (χ1n) is 8.43. The first-order valence-corrected chi connectivity index (χ1v) is 8.43. The number of nitrogens with one attached hydrogen (secondary N) is 1. The molecule has 5 nitrogen and oxygen atoms in total. The van der Waals surface area contributed by atoms with Gasteiger partial charge in [0.2, 0.25) is 0 Å². The highest BCUT2D eigenvalue weighted by molar-refractivity contribution is 5.98. The quantitative estimate of drug-likeness (QED) is 0.858. The van der Waals surface area contributed by atoms with E-state index in [1.54, 1.807) is 32.4 Å². The van der Waals surface area contributed by atoms with E-state index in [9.17, 15) is 4.79 Å². The summed E-state index contributed by atoms with van der Waals surface area (Å²) in [6, 6.07) is 5.10. The van der Waals surface area contributed by atoms with Crippen molar-refractivity contribution in [1.82, 2.24) is 5.43 Å². The van der Waals surface area contributed by atoms with Crippen molar-refractivity contribution >= 4 is 11.6 Å². The van der Waals surface area contributed by atoms with Crippen molar-refractivity contribution in [3.63, 3.8) is 0 Å². The smallest absolute Gasteiger partial charge is 0.271 e. The van der Waals surface area contributed by atoms with Crippen LogP contribution in [-0.4, -0.2) is 25.8 Å². The highest BCUT2D eigenvalue weighted by Gasteiger charge is 2.60. The van der Waals surface area contributed by atoms with Crippen LogP contribution in [0.1, 0.15) is 50.4 Å².